The molecule has 9 nitrogen and oxygen atoms in total. The molecule has 0 spiro atoms. The summed E-state index contributed by atoms with van der Waals surface area (Å²) in [6, 6.07) is 3.02. The van der Waals surface area contributed by atoms with E-state index in [-0.39, 0.29) is 44.6 Å². The maximum Gasteiger partial charge on any atom is 0.416 e. The third-order valence-electron chi connectivity index (χ3n) is 5.40. The number of pyridine rings is 2. The second kappa shape index (κ2) is 8.50. The fourth-order valence-corrected chi connectivity index (χ4v) is 6.09. The Labute approximate surface area is 195 Å². The Bertz CT molecular complexity index is 1410. The van der Waals surface area contributed by atoms with Crippen molar-refractivity contribution in [3.05, 3.63) is 36.2 Å². The number of hydrogen-bond donors (Lipinski definition) is 1. The highest BCUT2D eigenvalue weighted by Crippen LogP contribution is 2.37. The summed E-state index contributed by atoms with van der Waals surface area (Å²) in [7, 11) is -4.60. The Hall–Kier alpha value is -2.71. The van der Waals surface area contributed by atoms with Crippen LogP contribution in [0.1, 0.15) is 25.3 Å². The van der Waals surface area contributed by atoms with Crippen molar-refractivity contribution in [1.29, 1.82) is 0 Å². The first-order valence-electron chi connectivity index (χ1n) is 10.2. The summed E-state index contributed by atoms with van der Waals surface area (Å²) in [5, 5.41) is 8.01. The van der Waals surface area contributed by atoms with Gasteiger partial charge >= 0.3 is 6.18 Å². The molecule has 1 N–H and O–H groups in total. The molecule has 0 aliphatic heterocycles. The van der Waals surface area contributed by atoms with Gasteiger partial charge in [0, 0.05) is 26.1 Å². The lowest BCUT2D eigenvalue weighted by Crippen LogP contribution is -2.13. The minimum atomic E-state index is -4.56. The van der Waals surface area contributed by atoms with Gasteiger partial charge in [-0.1, -0.05) is 11.3 Å². The van der Waals surface area contributed by atoms with Crippen molar-refractivity contribution < 1.29 is 26.1 Å². The first kappa shape index (κ1) is 24.4. The molecule has 4 rings (SSSR count). The van der Waals surface area contributed by atoms with E-state index in [4.69, 9.17) is 0 Å². The Balaban J connectivity index is 1.83. The zero-order chi connectivity index (χ0) is 24.9. The molecular formula is C20H22F3N6O3S2+. The van der Waals surface area contributed by atoms with E-state index in [0.717, 1.165) is 31.2 Å². The van der Waals surface area contributed by atoms with Gasteiger partial charge in [0.05, 0.1) is 22.4 Å². The van der Waals surface area contributed by atoms with Crippen LogP contribution in [0.5, 0.6) is 0 Å². The molecule has 3 aromatic heterocycles. The third-order valence-corrected chi connectivity index (χ3v) is 9.46. The van der Waals surface area contributed by atoms with E-state index in [0.29, 0.717) is 0 Å². The van der Waals surface area contributed by atoms with Crippen LogP contribution in [0, 0.1) is 0 Å². The largest absolute Gasteiger partial charge is 0.416 e. The molecule has 1 saturated carbocycles. The zero-order valence-electron chi connectivity index (χ0n) is 18.5. The van der Waals surface area contributed by atoms with Gasteiger partial charge in [-0.25, -0.2) is 18.0 Å². The molecule has 0 saturated heterocycles. The average molecular weight is 516 g/mol. The Morgan fingerprint density at radius 3 is 2.50 bits per heavy atom. The summed E-state index contributed by atoms with van der Waals surface area (Å²) in [4.78, 5) is 8.06. The van der Waals surface area contributed by atoms with E-state index >= 15 is 0 Å². The Kier molecular flexibility index (Phi) is 6.10. The molecule has 3 aromatic rings. The molecule has 14 heteroatoms. The molecule has 182 valence electrons. The van der Waals surface area contributed by atoms with Crippen LogP contribution in [0.3, 0.4) is 0 Å². The fraction of sp³-hybridized carbons (Fsp3) is 0.400. The van der Waals surface area contributed by atoms with E-state index in [1.54, 1.807) is 6.26 Å². The molecule has 0 aromatic carbocycles. The van der Waals surface area contributed by atoms with Crippen molar-refractivity contribution in [2.75, 3.05) is 12.0 Å². The lowest BCUT2D eigenvalue weighted by atomic mass is 10.2. The van der Waals surface area contributed by atoms with Gasteiger partial charge in [0.15, 0.2) is 21.5 Å². The third kappa shape index (κ3) is 4.74. The van der Waals surface area contributed by atoms with Crippen molar-refractivity contribution in [3.63, 3.8) is 0 Å². The molecule has 1 aliphatic rings. The predicted octanol–water partition coefficient (Wildman–Crippen LogP) is 3.99. The van der Waals surface area contributed by atoms with Crippen LogP contribution >= 0.6 is 0 Å². The molecular weight excluding hydrogens is 493 g/mol. The average Bonchev–Trinajstić information content (AvgIpc) is 3.57. The van der Waals surface area contributed by atoms with Crippen molar-refractivity contribution in [2.45, 2.75) is 36.1 Å². The standard InChI is InChI=1S/C20H22F3N6O3S2/c1-4-34(31,32)16-10-13(28-33(3,30)14-5-6-14)11-25-17(16)19-27-26-18(29(19)2)15-9-12(7-8-24-15)20(21,22)23/h7-11,14H,4-6H2,1-3H3,(H,28,30)/q+1. The summed E-state index contributed by atoms with van der Waals surface area (Å²) < 4.78 is 81.4. The predicted molar refractivity (Wildman–Crippen MR) is 121 cm³/mol. The van der Waals surface area contributed by atoms with Crippen LogP contribution in [0.4, 0.5) is 18.9 Å². The normalized spacial score (nSPS) is 16.3. The lowest BCUT2D eigenvalue weighted by molar-refractivity contribution is -0.137. The minimum absolute atomic E-state index is 0.0117. The highest BCUT2D eigenvalue weighted by Gasteiger charge is 2.41. The van der Waals surface area contributed by atoms with E-state index in [1.807, 2.05) is 0 Å². The molecule has 0 radical (unpaired) electrons. The van der Waals surface area contributed by atoms with Crippen LogP contribution < -0.4 is 0 Å². The van der Waals surface area contributed by atoms with Gasteiger partial charge in [-0.15, -0.1) is 10.2 Å². The van der Waals surface area contributed by atoms with Crippen molar-refractivity contribution in [2.24, 2.45) is 11.4 Å². The van der Waals surface area contributed by atoms with Crippen molar-refractivity contribution in [3.8, 4) is 23.0 Å². The topological polar surface area (TPSA) is 123 Å². The minimum Gasteiger partial charge on any atom is -0.307 e. The molecule has 1 atom stereocenters. The van der Waals surface area contributed by atoms with E-state index in [2.05, 4.69) is 24.5 Å². The zero-order valence-corrected chi connectivity index (χ0v) is 20.1. The molecule has 1 aliphatic carbocycles. The highest BCUT2D eigenvalue weighted by molar-refractivity contribution is 8.00. The van der Waals surface area contributed by atoms with Crippen LogP contribution in [0.15, 0.2) is 39.9 Å². The molecule has 34 heavy (non-hydrogen) atoms. The van der Waals surface area contributed by atoms with Gasteiger partial charge in [-0.2, -0.15) is 13.2 Å². The SMILES string of the molecule is CCS(=O)(=O)c1cc(N=[S+](C)(O)C2CC2)cnc1-c1nnc(-c2cc(C(F)(F)F)ccn2)n1C. The summed E-state index contributed by atoms with van der Waals surface area (Å²) in [6.45, 7) is 1.48. The molecule has 1 unspecified atom stereocenters. The van der Waals surface area contributed by atoms with Crippen LogP contribution in [0.2, 0.25) is 0 Å². The van der Waals surface area contributed by atoms with Crippen molar-refractivity contribution in [1.82, 2.24) is 24.7 Å². The first-order chi connectivity index (χ1) is 15.8. The molecule has 0 amide bonds. The fourth-order valence-electron chi connectivity index (χ4n) is 3.33. The monoisotopic (exact) mass is 515 g/mol. The number of nitrogens with zero attached hydrogens (tertiary/aromatic N) is 6. The van der Waals surface area contributed by atoms with Crippen LogP contribution in [-0.4, -0.2) is 55.0 Å². The molecule has 0 bridgehead atoms. The van der Waals surface area contributed by atoms with Gasteiger partial charge in [0.1, 0.15) is 38.7 Å². The Morgan fingerprint density at radius 2 is 1.88 bits per heavy atom. The van der Waals surface area contributed by atoms with Gasteiger partial charge in [0.2, 0.25) is 0 Å². The van der Waals surface area contributed by atoms with Gasteiger partial charge in [0.25, 0.3) is 0 Å². The quantitative estimate of drug-likeness (QED) is 0.493. The maximum atomic E-state index is 13.1. The number of sulfone groups is 1. The Morgan fingerprint density at radius 1 is 1.21 bits per heavy atom. The maximum absolute atomic E-state index is 13.1. The van der Waals surface area contributed by atoms with E-state index < -0.39 is 31.7 Å². The molecule has 1 fully saturated rings. The smallest absolute Gasteiger partial charge is 0.307 e. The van der Waals surface area contributed by atoms with E-state index in [9.17, 15) is 26.1 Å². The number of rotatable bonds is 6. The second-order valence-electron chi connectivity index (χ2n) is 7.96. The van der Waals surface area contributed by atoms with Gasteiger partial charge < -0.3 is 4.57 Å². The van der Waals surface area contributed by atoms with Gasteiger partial charge in [-0.3, -0.25) is 4.98 Å². The number of aromatic nitrogens is 5. The van der Waals surface area contributed by atoms with Crippen molar-refractivity contribution >= 4 is 25.6 Å². The number of hydrogen-bond acceptors (Lipinski definition) is 7. The lowest BCUT2D eigenvalue weighted by Gasteiger charge is -2.11. The highest BCUT2D eigenvalue weighted by atomic mass is 32.3. The first-order valence-corrected chi connectivity index (χ1v) is 13.9. The number of alkyl halides is 3. The van der Waals surface area contributed by atoms with Gasteiger partial charge in [-0.05, 0) is 18.2 Å². The summed E-state index contributed by atoms with van der Waals surface area (Å²) in [5.41, 5.74) is -0.767. The number of halogens is 3. The summed E-state index contributed by atoms with van der Waals surface area (Å²) >= 11 is 0. The second-order valence-corrected chi connectivity index (χ2v) is 12.8. The molecule has 3 heterocycles. The van der Waals surface area contributed by atoms with Crippen LogP contribution in [-0.2, 0) is 33.2 Å². The summed E-state index contributed by atoms with van der Waals surface area (Å²) in [5.74, 6) is -0.177. The van der Waals surface area contributed by atoms with Crippen LogP contribution in [0.25, 0.3) is 23.0 Å². The van der Waals surface area contributed by atoms with E-state index in [1.165, 1.54) is 30.8 Å². The summed E-state index contributed by atoms with van der Waals surface area (Å²) in [6.07, 6.45) is 1.16.